The summed E-state index contributed by atoms with van der Waals surface area (Å²) in [4.78, 5) is 0. The van der Waals surface area contributed by atoms with E-state index in [4.69, 9.17) is 9.39 Å². The lowest BCUT2D eigenvalue weighted by Crippen LogP contribution is -2.53. The fraction of sp³-hybridized carbons (Fsp3) is 0. The first-order valence-electron chi connectivity index (χ1n) is 15.7. The third-order valence-electron chi connectivity index (χ3n) is 9.48. The molecule has 1 aromatic heterocycles. The molecule has 0 unspecified atom stereocenters. The fourth-order valence-electron chi connectivity index (χ4n) is 7.43. The second kappa shape index (κ2) is 9.75. The van der Waals surface area contributed by atoms with Gasteiger partial charge < -0.3 is 14.0 Å². The zero-order chi connectivity index (χ0) is 30.2. The predicted octanol–water partition coefficient (Wildman–Crippen LogP) is 9.39. The molecule has 3 heterocycles. The van der Waals surface area contributed by atoms with Gasteiger partial charge in [0, 0.05) is 32.8 Å². The molecule has 0 saturated carbocycles. The summed E-state index contributed by atoms with van der Waals surface area (Å²) >= 11 is 0. The molecule has 8 aromatic rings. The lowest BCUT2D eigenvalue weighted by molar-refractivity contribution is 0.479. The maximum Gasteiger partial charge on any atom is 0.434 e. The monoisotopic (exact) mass is 587 g/mol. The van der Waals surface area contributed by atoms with Crippen molar-refractivity contribution < 1.29 is 9.39 Å². The van der Waals surface area contributed by atoms with Gasteiger partial charge in [-0.3, -0.25) is 0 Å². The minimum Gasteiger partial charge on any atom is -0.551 e. The van der Waals surface area contributed by atoms with Gasteiger partial charge in [0.15, 0.2) is 0 Å². The molecule has 214 valence electrons. The Morgan fingerprint density at radius 1 is 0.435 bits per heavy atom. The van der Waals surface area contributed by atoms with Crippen LogP contribution in [0.3, 0.4) is 0 Å². The molecule has 0 bridgehead atoms. The number of fused-ring (bicyclic) bond motifs is 7. The van der Waals surface area contributed by atoms with Gasteiger partial charge in [-0.2, -0.15) is 0 Å². The normalized spacial score (nSPS) is 12.7. The number of para-hydroxylation sites is 4. The van der Waals surface area contributed by atoms with Gasteiger partial charge in [-0.1, -0.05) is 115 Å². The number of ether oxygens (including phenoxy) is 1. The van der Waals surface area contributed by atoms with Crippen LogP contribution in [0.1, 0.15) is 0 Å². The van der Waals surface area contributed by atoms with Crippen LogP contribution in [-0.2, 0) is 0 Å². The van der Waals surface area contributed by atoms with Gasteiger partial charge in [0.2, 0.25) is 0 Å². The van der Waals surface area contributed by atoms with Crippen molar-refractivity contribution in [2.45, 2.75) is 0 Å². The van der Waals surface area contributed by atoms with E-state index in [0.29, 0.717) is 0 Å². The summed E-state index contributed by atoms with van der Waals surface area (Å²) in [7, 11) is 0. The Morgan fingerprint density at radius 3 is 1.91 bits per heavy atom. The summed E-state index contributed by atoms with van der Waals surface area (Å²) in [6.45, 7) is -0.269. The van der Waals surface area contributed by atoms with Gasteiger partial charge >= 0.3 is 6.92 Å². The number of hydrogen-bond donors (Lipinski definition) is 0. The van der Waals surface area contributed by atoms with E-state index in [2.05, 4.69) is 150 Å². The van der Waals surface area contributed by atoms with Crippen LogP contribution < -0.4 is 20.3 Å². The van der Waals surface area contributed by atoms with Crippen LogP contribution in [0.15, 0.2) is 158 Å². The van der Waals surface area contributed by atoms with Crippen molar-refractivity contribution in [1.29, 1.82) is 0 Å². The minimum absolute atomic E-state index is 0.269. The van der Waals surface area contributed by atoms with Crippen LogP contribution in [0.5, 0.6) is 17.2 Å². The molecule has 0 N–H and O–H groups in total. The Bertz CT molecular complexity index is 2440. The Morgan fingerprint density at radius 2 is 1.11 bits per heavy atom. The lowest BCUT2D eigenvalue weighted by atomic mass is 9.50. The minimum atomic E-state index is -0.269. The van der Waals surface area contributed by atoms with Crippen molar-refractivity contribution in [3.05, 3.63) is 158 Å². The molecular formula is C42H26BNO2. The Balaban J connectivity index is 1.20. The Kier molecular flexibility index (Phi) is 5.37. The highest BCUT2D eigenvalue weighted by molar-refractivity contribution is 6.84. The predicted molar refractivity (Wildman–Crippen MR) is 189 cm³/mol. The van der Waals surface area contributed by atoms with Crippen molar-refractivity contribution in [2.75, 3.05) is 0 Å². The third-order valence-corrected chi connectivity index (χ3v) is 9.48. The average molecular weight is 587 g/mol. The van der Waals surface area contributed by atoms with Crippen LogP contribution in [0, 0.1) is 0 Å². The molecule has 0 atom stereocenters. The van der Waals surface area contributed by atoms with Crippen molar-refractivity contribution >= 4 is 39.6 Å². The van der Waals surface area contributed by atoms with Gasteiger partial charge in [0.1, 0.15) is 17.2 Å². The highest BCUT2D eigenvalue weighted by Crippen LogP contribution is 2.43. The average Bonchev–Trinajstić information content (AvgIpc) is 3.46. The number of hydrogen-bond acceptors (Lipinski definition) is 2. The van der Waals surface area contributed by atoms with Gasteiger partial charge in [-0.15, -0.1) is 0 Å². The third kappa shape index (κ3) is 3.67. The highest BCUT2D eigenvalue weighted by atomic mass is 16.5. The van der Waals surface area contributed by atoms with E-state index < -0.39 is 0 Å². The van der Waals surface area contributed by atoms with Gasteiger partial charge in [-0.05, 0) is 64.7 Å². The van der Waals surface area contributed by atoms with Crippen molar-refractivity contribution in [1.82, 2.24) is 4.57 Å². The quantitative estimate of drug-likeness (QED) is 0.192. The van der Waals surface area contributed by atoms with Gasteiger partial charge in [0.25, 0.3) is 0 Å². The van der Waals surface area contributed by atoms with Crippen LogP contribution >= 0.6 is 0 Å². The molecule has 4 heteroatoms. The van der Waals surface area contributed by atoms with Crippen molar-refractivity contribution in [3.8, 4) is 56.3 Å². The SMILES string of the molecule is c1ccc(-c2ccc3c(c2)B2Oc4ccccc4-c4cc(-c5ccccc5-n5c6ccccc6c6ccccc65)cc(c42)O3)cc1. The summed E-state index contributed by atoms with van der Waals surface area (Å²) in [5.41, 5.74) is 12.4. The smallest absolute Gasteiger partial charge is 0.434 e. The first-order valence-corrected chi connectivity index (χ1v) is 15.7. The largest absolute Gasteiger partial charge is 0.551 e. The maximum atomic E-state index is 6.80. The molecule has 0 fully saturated rings. The number of benzene rings is 7. The summed E-state index contributed by atoms with van der Waals surface area (Å²) in [6.07, 6.45) is 0. The molecule has 3 nitrogen and oxygen atoms in total. The fourth-order valence-corrected chi connectivity index (χ4v) is 7.43. The van der Waals surface area contributed by atoms with E-state index in [0.717, 1.165) is 61.7 Å². The second-order valence-corrected chi connectivity index (χ2v) is 12.0. The zero-order valence-electron chi connectivity index (χ0n) is 24.9. The number of nitrogens with zero attached hydrogens (tertiary/aromatic N) is 1. The molecule has 0 amide bonds. The summed E-state index contributed by atoms with van der Waals surface area (Å²) in [6, 6.07) is 55.8. The van der Waals surface area contributed by atoms with Crippen LogP contribution in [0.4, 0.5) is 0 Å². The molecule has 2 aliphatic rings. The molecule has 7 aromatic carbocycles. The van der Waals surface area contributed by atoms with Crippen molar-refractivity contribution in [2.24, 2.45) is 0 Å². The molecule has 46 heavy (non-hydrogen) atoms. The summed E-state index contributed by atoms with van der Waals surface area (Å²) in [5, 5.41) is 2.49. The highest BCUT2D eigenvalue weighted by Gasteiger charge is 2.41. The molecule has 0 saturated heterocycles. The first-order chi connectivity index (χ1) is 22.8. The number of rotatable bonds is 3. The molecule has 10 rings (SSSR count). The first kappa shape index (κ1) is 25.3. The van der Waals surface area contributed by atoms with Gasteiger partial charge in [0.05, 0.1) is 16.7 Å². The summed E-state index contributed by atoms with van der Waals surface area (Å²) in [5.74, 6) is 2.55. The maximum absolute atomic E-state index is 6.80. The zero-order valence-corrected chi connectivity index (χ0v) is 24.9. The Labute approximate surface area is 267 Å². The van der Waals surface area contributed by atoms with E-state index in [1.54, 1.807) is 0 Å². The molecule has 0 radical (unpaired) electrons. The molecule has 0 aliphatic carbocycles. The standard InChI is InChI=1S/C42H26BNO2/c1-2-12-27(13-3-1)28-22-23-40-35(25-28)43-42-34(33-17-7-11-21-39(33)46-43)24-29(26-41(42)45-40)30-14-4-8-18-36(30)44-37-19-9-5-15-31(37)32-16-6-10-20-38(32)44/h1-26H. The van der Waals surface area contributed by atoms with Gasteiger partial charge in [-0.25, -0.2) is 0 Å². The van der Waals surface area contributed by atoms with E-state index >= 15 is 0 Å². The van der Waals surface area contributed by atoms with E-state index in [1.807, 2.05) is 12.1 Å². The second-order valence-electron chi connectivity index (χ2n) is 12.0. The van der Waals surface area contributed by atoms with Crippen molar-refractivity contribution in [3.63, 3.8) is 0 Å². The lowest BCUT2D eigenvalue weighted by Gasteiger charge is -2.33. The molecule has 0 spiro atoms. The Hall–Kier alpha value is -6.00. The molecular weight excluding hydrogens is 561 g/mol. The topological polar surface area (TPSA) is 23.4 Å². The van der Waals surface area contributed by atoms with Crippen LogP contribution in [0.25, 0.3) is 60.9 Å². The van der Waals surface area contributed by atoms with E-state index in [1.165, 1.54) is 27.4 Å². The van der Waals surface area contributed by atoms with E-state index in [-0.39, 0.29) is 6.92 Å². The van der Waals surface area contributed by atoms with Crippen LogP contribution in [-0.4, -0.2) is 11.5 Å². The summed E-state index contributed by atoms with van der Waals surface area (Å²) < 4.78 is 16.0. The molecule has 2 aliphatic heterocycles. The van der Waals surface area contributed by atoms with Crippen LogP contribution in [0.2, 0.25) is 0 Å². The number of aromatic nitrogens is 1. The van der Waals surface area contributed by atoms with E-state index in [9.17, 15) is 0 Å².